The quantitative estimate of drug-likeness (QED) is 0.874. The number of ether oxygens (including phenoxy) is 1. The van der Waals surface area contributed by atoms with Crippen LogP contribution in [0.1, 0.15) is 52.4 Å². The van der Waals surface area contributed by atoms with Crippen LogP contribution in [0.2, 0.25) is 0 Å². The van der Waals surface area contributed by atoms with Crippen LogP contribution in [-0.4, -0.2) is 11.6 Å². The number of rotatable bonds is 1. The molecule has 4 heteroatoms. The SMILES string of the molecule is NC1CCCc2nc(C3CCOc4ccccc43)sc21. The highest BCUT2D eigenvalue weighted by atomic mass is 32.1. The van der Waals surface area contributed by atoms with Gasteiger partial charge in [-0.2, -0.15) is 0 Å². The molecule has 2 N–H and O–H groups in total. The maximum Gasteiger partial charge on any atom is 0.123 e. The van der Waals surface area contributed by atoms with E-state index < -0.39 is 0 Å². The van der Waals surface area contributed by atoms with Gasteiger partial charge in [-0.15, -0.1) is 11.3 Å². The standard InChI is InChI=1S/C16H18N2OS/c17-12-5-3-6-13-15(12)20-16(18-13)11-8-9-19-14-7-2-1-4-10(11)14/h1-2,4,7,11-12H,3,5-6,8-9,17H2. The Morgan fingerprint density at radius 3 is 3.05 bits per heavy atom. The van der Waals surface area contributed by atoms with Crippen molar-refractivity contribution in [2.75, 3.05) is 6.61 Å². The Labute approximate surface area is 122 Å². The van der Waals surface area contributed by atoms with Crippen LogP contribution in [0.25, 0.3) is 0 Å². The zero-order chi connectivity index (χ0) is 13.5. The van der Waals surface area contributed by atoms with Crippen LogP contribution in [0, 0.1) is 0 Å². The summed E-state index contributed by atoms with van der Waals surface area (Å²) in [7, 11) is 0. The van der Waals surface area contributed by atoms with Gasteiger partial charge in [-0.25, -0.2) is 4.98 Å². The van der Waals surface area contributed by atoms with Crippen molar-refractivity contribution >= 4 is 11.3 Å². The first-order valence-electron chi connectivity index (χ1n) is 7.30. The number of aromatic nitrogens is 1. The molecule has 0 bridgehead atoms. The molecular weight excluding hydrogens is 268 g/mol. The highest BCUT2D eigenvalue weighted by molar-refractivity contribution is 7.12. The number of para-hydroxylation sites is 1. The molecule has 2 aliphatic rings. The zero-order valence-corrected chi connectivity index (χ0v) is 12.2. The van der Waals surface area contributed by atoms with Crippen molar-refractivity contribution < 1.29 is 4.74 Å². The topological polar surface area (TPSA) is 48.1 Å². The Bertz CT molecular complexity index is 637. The average Bonchev–Trinajstić information content (AvgIpc) is 2.92. The third-order valence-electron chi connectivity index (χ3n) is 4.27. The minimum Gasteiger partial charge on any atom is -0.493 e. The van der Waals surface area contributed by atoms with Crippen LogP contribution in [0.4, 0.5) is 0 Å². The van der Waals surface area contributed by atoms with Gasteiger partial charge in [0.1, 0.15) is 10.8 Å². The summed E-state index contributed by atoms with van der Waals surface area (Å²) in [6.07, 6.45) is 4.36. The first-order valence-corrected chi connectivity index (χ1v) is 8.11. The van der Waals surface area contributed by atoms with Crippen molar-refractivity contribution in [1.29, 1.82) is 0 Å². The number of hydrogen-bond acceptors (Lipinski definition) is 4. The lowest BCUT2D eigenvalue weighted by Crippen LogP contribution is -2.15. The summed E-state index contributed by atoms with van der Waals surface area (Å²) < 4.78 is 5.75. The van der Waals surface area contributed by atoms with E-state index >= 15 is 0 Å². The van der Waals surface area contributed by atoms with Crippen molar-refractivity contribution in [3.05, 3.63) is 45.4 Å². The van der Waals surface area contributed by atoms with Gasteiger partial charge in [0.15, 0.2) is 0 Å². The number of nitrogens with two attached hydrogens (primary N) is 1. The molecule has 2 aromatic rings. The van der Waals surface area contributed by atoms with Crippen molar-refractivity contribution in [2.45, 2.75) is 37.6 Å². The maximum absolute atomic E-state index is 6.23. The molecule has 1 aromatic carbocycles. The fraction of sp³-hybridized carbons (Fsp3) is 0.438. The van der Waals surface area contributed by atoms with Gasteiger partial charge in [0.05, 0.1) is 12.3 Å². The van der Waals surface area contributed by atoms with Crippen LogP contribution >= 0.6 is 11.3 Å². The Balaban J connectivity index is 1.76. The average molecular weight is 286 g/mol. The molecule has 0 amide bonds. The van der Waals surface area contributed by atoms with Gasteiger partial charge in [-0.3, -0.25) is 0 Å². The second kappa shape index (κ2) is 4.86. The molecule has 0 radical (unpaired) electrons. The van der Waals surface area contributed by atoms with Crippen LogP contribution in [-0.2, 0) is 6.42 Å². The van der Waals surface area contributed by atoms with Crippen molar-refractivity contribution in [2.24, 2.45) is 5.73 Å². The fourth-order valence-electron chi connectivity index (χ4n) is 3.22. The molecule has 0 saturated heterocycles. The molecule has 0 fully saturated rings. The number of thiazole rings is 1. The van der Waals surface area contributed by atoms with Crippen molar-refractivity contribution in [1.82, 2.24) is 4.98 Å². The van der Waals surface area contributed by atoms with E-state index in [1.54, 1.807) is 0 Å². The Morgan fingerprint density at radius 2 is 2.15 bits per heavy atom. The molecule has 0 saturated carbocycles. The summed E-state index contributed by atoms with van der Waals surface area (Å²) in [4.78, 5) is 6.22. The number of fused-ring (bicyclic) bond motifs is 2. The normalized spacial score (nSPS) is 24.6. The Kier molecular flexibility index (Phi) is 3.00. The molecular formula is C16H18N2OS. The molecule has 1 aliphatic heterocycles. The van der Waals surface area contributed by atoms with Crippen molar-refractivity contribution in [3.8, 4) is 5.75 Å². The largest absolute Gasteiger partial charge is 0.493 e. The molecule has 104 valence electrons. The van der Waals surface area contributed by atoms with Gasteiger partial charge in [0.25, 0.3) is 0 Å². The molecule has 2 heterocycles. The first kappa shape index (κ1) is 12.4. The van der Waals surface area contributed by atoms with Gasteiger partial charge in [-0.05, 0) is 31.7 Å². The first-order chi connectivity index (χ1) is 9.83. The lowest BCUT2D eigenvalue weighted by molar-refractivity contribution is 0.277. The predicted molar refractivity (Wildman–Crippen MR) is 80.4 cm³/mol. The summed E-state index contributed by atoms with van der Waals surface area (Å²) in [5.41, 5.74) is 8.75. The Morgan fingerprint density at radius 1 is 1.25 bits per heavy atom. The second-order valence-electron chi connectivity index (χ2n) is 5.59. The summed E-state index contributed by atoms with van der Waals surface area (Å²) in [6.45, 7) is 0.776. The van der Waals surface area contributed by atoms with Gasteiger partial charge in [-0.1, -0.05) is 18.2 Å². The van der Waals surface area contributed by atoms with Crippen LogP contribution < -0.4 is 10.5 Å². The third kappa shape index (κ3) is 1.95. The second-order valence-corrected chi connectivity index (χ2v) is 6.65. The molecule has 1 aliphatic carbocycles. The maximum atomic E-state index is 6.23. The van der Waals surface area contributed by atoms with E-state index in [0.29, 0.717) is 5.92 Å². The molecule has 20 heavy (non-hydrogen) atoms. The number of benzene rings is 1. The monoisotopic (exact) mass is 286 g/mol. The van der Waals surface area contributed by atoms with Crippen molar-refractivity contribution in [3.63, 3.8) is 0 Å². The summed E-state index contributed by atoms with van der Waals surface area (Å²) in [5.74, 6) is 1.39. The van der Waals surface area contributed by atoms with E-state index in [0.717, 1.165) is 31.6 Å². The lowest BCUT2D eigenvalue weighted by atomic mass is 9.93. The smallest absolute Gasteiger partial charge is 0.123 e. The number of aryl methyl sites for hydroxylation is 1. The number of hydrogen-bond donors (Lipinski definition) is 1. The van der Waals surface area contributed by atoms with Gasteiger partial charge >= 0.3 is 0 Å². The highest BCUT2D eigenvalue weighted by Gasteiger charge is 2.29. The van der Waals surface area contributed by atoms with E-state index in [9.17, 15) is 0 Å². The van der Waals surface area contributed by atoms with Gasteiger partial charge < -0.3 is 10.5 Å². The fourth-order valence-corrected chi connectivity index (χ4v) is 4.52. The highest BCUT2D eigenvalue weighted by Crippen LogP contribution is 2.42. The molecule has 0 spiro atoms. The van der Waals surface area contributed by atoms with Crippen LogP contribution in [0.5, 0.6) is 5.75 Å². The predicted octanol–water partition coefficient (Wildman–Crippen LogP) is 3.39. The third-order valence-corrected chi connectivity index (χ3v) is 5.61. The van der Waals surface area contributed by atoms with E-state index in [-0.39, 0.29) is 6.04 Å². The molecule has 1 aromatic heterocycles. The Hall–Kier alpha value is -1.39. The molecule has 2 atom stereocenters. The minimum absolute atomic E-state index is 0.195. The molecule has 2 unspecified atom stereocenters. The molecule has 4 rings (SSSR count). The summed E-state index contributed by atoms with van der Waals surface area (Å²) >= 11 is 1.82. The minimum atomic E-state index is 0.195. The summed E-state index contributed by atoms with van der Waals surface area (Å²) in [5, 5.41) is 1.23. The van der Waals surface area contributed by atoms with Crippen LogP contribution in [0.3, 0.4) is 0 Å². The van der Waals surface area contributed by atoms with E-state index in [1.807, 2.05) is 17.4 Å². The van der Waals surface area contributed by atoms with Gasteiger partial charge in [0.2, 0.25) is 0 Å². The lowest BCUT2D eigenvalue weighted by Gasteiger charge is -2.24. The number of nitrogens with zero attached hydrogens (tertiary/aromatic N) is 1. The van der Waals surface area contributed by atoms with E-state index in [2.05, 4.69) is 18.2 Å². The summed E-state index contributed by atoms with van der Waals surface area (Å²) in [6, 6.07) is 8.53. The van der Waals surface area contributed by atoms with E-state index in [1.165, 1.54) is 27.6 Å². The van der Waals surface area contributed by atoms with E-state index in [4.69, 9.17) is 15.5 Å². The van der Waals surface area contributed by atoms with Crippen LogP contribution in [0.15, 0.2) is 24.3 Å². The van der Waals surface area contributed by atoms with Gasteiger partial charge in [0, 0.05) is 22.4 Å². The zero-order valence-electron chi connectivity index (χ0n) is 11.3. The molecule has 3 nitrogen and oxygen atoms in total.